The molecule has 3 nitrogen and oxygen atoms in total. The van der Waals surface area contributed by atoms with Crippen molar-refractivity contribution in [1.82, 2.24) is 0 Å². The van der Waals surface area contributed by atoms with Gasteiger partial charge in [0.2, 0.25) is 0 Å². The van der Waals surface area contributed by atoms with Gasteiger partial charge in [-0.15, -0.1) is 6.42 Å². The molecule has 0 bridgehead atoms. The number of terminal acetylenes is 1. The summed E-state index contributed by atoms with van der Waals surface area (Å²) in [6.45, 7) is 1.77. The minimum atomic E-state index is -0.525. The molecule has 0 saturated heterocycles. The molecule has 1 aromatic carbocycles. The molecule has 13 heavy (non-hydrogen) atoms. The van der Waals surface area contributed by atoms with Crippen LogP contribution in [0, 0.1) is 19.3 Å². The van der Waals surface area contributed by atoms with Crippen LogP contribution < -0.4 is 5.32 Å². The van der Waals surface area contributed by atoms with Crippen LogP contribution in [0.2, 0.25) is 0 Å². The van der Waals surface area contributed by atoms with Crippen LogP contribution in [0.1, 0.15) is 5.56 Å². The maximum atomic E-state index is 10.7. The van der Waals surface area contributed by atoms with Gasteiger partial charge in [-0.2, -0.15) is 0 Å². The maximum absolute atomic E-state index is 10.7. The highest BCUT2D eigenvalue weighted by Crippen LogP contribution is 2.20. The predicted octanol–water partition coefficient (Wildman–Crippen LogP) is 1.27. The summed E-state index contributed by atoms with van der Waals surface area (Å²) < 4.78 is 0. The van der Waals surface area contributed by atoms with Crippen molar-refractivity contribution in [3.63, 3.8) is 0 Å². The number of nitrogens with one attached hydrogen (secondary N) is 1. The van der Waals surface area contributed by atoms with Crippen LogP contribution >= 0.6 is 0 Å². The van der Waals surface area contributed by atoms with Crippen LogP contribution in [-0.4, -0.2) is 11.0 Å². The Hall–Kier alpha value is -1.95. The van der Waals surface area contributed by atoms with E-state index >= 15 is 0 Å². The van der Waals surface area contributed by atoms with Gasteiger partial charge in [0.25, 0.3) is 5.91 Å². The van der Waals surface area contributed by atoms with E-state index in [0.717, 1.165) is 5.56 Å². The van der Waals surface area contributed by atoms with E-state index in [4.69, 9.17) is 6.42 Å². The van der Waals surface area contributed by atoms with Crippen molar-refractivity contribution >= 4 is 11.6 Å². The van der Waals surface area contributed by atoms with Crippen LogP contribution in [0.15, 0.2) is 18.2 Å². The summed E-state index contributed by atoms with van der Waals surface area (Å²) in [4.78, 5) is 10.7. The Morgan fingerprint density at radius 2 is 2.31 bits per heavy atom. The molecule has 1 rings (SSSR count). The average Bonchev–Trinajstić information content (AvgIpc) is 2.11. The molecule has 0 aliphatic heterocycles. The highest BCUT2D eigenvalue weighted by atomic mass is 16.3. The molecular weight excluding hydrogens is 166 g/mol. The number of hydrogen-bond donors (Lipinski definition) is 2. The van der Waals surface area contributed by atoms with Gasteiger partial charge in [0, 0.05) is 11.8 Å². The topological polar surface area (TPSA) is 49.3 Å². The second kappa shape index (κ2) is 3.63. The highest BCUT2D eigenvalue weighted by Gasteiger charge is 2.00. The molecule has 1 aromatic rings. The Balaban J connectivity index is 2.87. The molecule has 66 valence electrons. The van der Waals surface area contributed by atoms with Gasteiger partial charge in [0.15, 0.2) is 0 Å². The predicted molar refractivity (Wildman–Crippen MR) is 50.3 cm³/mol. The first kappa shape index (κ1) is 9.14. The van der Waals surface area contributed by atoms with Gasteiger partial charge in [-0.3, -0.25) is 4.79 Å². The summed E-state index contributed by atoms with van der Waals surface area (Å²) in [5.41, 5.74) is 1.24. The Morgan fingerprint density at radius 1 is 1.62 bits per heavy atom. The number of phenolic OH excluding ortho intramolecular Hbond substituents is 1. The van der Waals surface area contributed by atoms with Crippen molar-refractivity contribution in [2.45, 2.75) is 6.92 Å². The fraction of sp³-hybridized carbons (Fsp3) is 0.100. The Morgan fingerprint density at radius 3 is 2.85 bits per heavy atom. The standard InChI is InChI=1S/C10H9NO2/c1-3-10(13)11-8-5-4-7(2)9(12)6-8/h1,4-6,12H,2H3,(H,11,13). The molecule has 0 atom stereocenters. The number of aryl methyl sites for hydroxylation is 1. The van der Waals surface area contributed by atoms with Crippen molar-refractivity contribution in [2.24, 2.45) is 0 Å². The zero-order valence-corrected chi connectivity index (χ0v) is 7.16. The molecule has 1 amide bonds. The molecule has 0 aliphatic rings. The monoisotopic (exact) mass is 175 g/mol. The number of amides is 1. The number of carbonyl (C=O) groups excluding carboxylic acids is 1. The third kappa shape index (κ3) is 2.24. The molecule has 0 unspecified atom stereocenters. The maximum Gasteiger partial charge on any atom is 0.300 e. The van der Waals surface area contributed by atoms with Crippen molar-refractivity contribution in [3.8, 4) is 18.1 Å². The molecule has 0 radical (unpaired) electrons. The summed E-state index contributed by atoms with van der Waals surface area (Å²) >= 11 is 0. The first-order valence-electron chi connectivity index (χ1n) is 3.70. The fourth-order valence-electron chi connectivity index (χ4n) is 0.854. The van der Waals surface area contributed by atoms with E-state index < -0.39 is 5.91 Å². The molecule has 3 heteroatoms. The SMILES string of the molecule is C#CC(=O)Nc1ccc(C)c(O)c1. The summed E-state index contributed by atoms with van der Waals surface area (Å²) in [6, 6.07) is 4.82. The van der Waals surface area contributed by atoms with Crippen LogP contribution in [0.3, 0.4) is 0 Å². The summed E-state index contributed by atoms with van der Waals surface area (Å²) in [5.74, 6) is 1.53. The minimum absolute atomic E-state index is 0.134. The van der Waals surface area contributed by atoms with Crippen LogP contribution in [0.4, 0.5) is 5.69 Å². The minimum Gasteiger partial charge on any atom is -0.508 e. The van der Waals surface area contributed by atoms with Crippen molar-refractivity contribution in [2.75, 3.05) is 5.32 Å². The van der Waals surface area contributed by atoms with Gasteiger partial charge >= 0.3 is 0 Å². The normalized spacial score (nSPS) is 8.92. The number of rotatable bonds is 1. The highest BCUT2D eigenvalue weighted by molar-refractivity contribution is 6.03. The van der Waals surface area contributed by atoms with E-state index in [-0.39, 0.29) is 5.75 Å². The average molecular weight is 175 g/mol. The van der Waals surface area contributed by atoms with E-state index in [2.05, 4.69) is 5.32 Å². The summed E-state index contributed by atoms with van der Waals surface area (Å²) in [6.07, 6.45) is 4.86. The molecule has 0 spiro atoms. The Bertz CT molecular complexity index is 377. The van der Waals surface area contributed by atoms with Crippen LogP contribution in [0.25, 0.3) is 0 Å². The van der Waals surface area contributed by atoms with Crippen LogP contribution in [-0.2, 0) is 4.79 Å². The largest absolute Gasteiger partial charge is 0.508 e. The zero-order chi connectivity index (χ0) is 9.84. The van der Waals surface area contributed by atoms with Gasteiger partial charge in [-0.05, 0) is 24.5 Å². The lowest BCUT2D eigenvalue weighted by atomic mass is 10.2. The molecule has 0 heterocycles. The van der Waals surface area contributed by atoms with Gasteiger partial charge in [0.1, 0.15) is 5.75 Å². The van der Waals surface area contributed by atoms with Gasteiger partial charge < -0.3 is 10.4 Å². The second-order valence-corrected chi connectivity index (χ2v) is 2.60. The lowest BCUT2D eigenvalue weighted by Gasteiger charge is -2.03. The second-order valence-electron chi connectivity index (χ2n) is 2.60. The molecule has 0 saturated carbocycles. The number of carbonyl (C=O) groups is 1. The summed E-state index contributed by atoms with van der Waals surface area (Å²) in [7, 11) is 0. The van der Waals surface area contributed by atoms with E-state index in [1.807, 2.05) is 5.92 Å². The van der Waals surface area contributed by atoms with Crippen molar-refractivity contribution in [1.29, 1.82) is 0 Å². The number of benzene rings is 1. The first-order valence-corrected chi connectivity index (χ1v) is 3.70. The van der Waals surface area contributed by atoms with Crippen LogP contribution in [0.5, 0.6) is 5.75 Å². The lowest BCUT2D eigenvalue weighted by molar-refractivity contribution is -0.111. The zero-order valence-electron chi connectivity index (χ0n) is 7.16. The molecular formula is C10H9NO2. The smallest absolute Gasteiger partial charge is 0.300 e. The fourth-order valence-corrected chi connectivity index (χ4v) is 0.854. The van der Waals surface area contributed by atoms with Gasteiger partial charge in [-0.1, -0.05) is 6.07 Å². The summed E-state index contributed by atoms with van der Waals surface area (Å²) in [5, 5.41) is 11.7. The number of hydrogen-bond acceptors (Lipinski definition) is 2. The number of phenols is 1. The van der Waals surface area contributed by atoms with Gasteiger partial charge in [0.05, 0.1) is 0 Å². The Labute approximate surface area is 76.4 Å². The molecule has 0 aromatic heterocycles. The van der Waals surface area contributed by atoms with Crippen molar-refractivity contribution < 1.29 is 9.90 Å². The molecule has 0 aliphatic carbocycles. The van der Waals surface area contributed by atoms with Gasteiger partial charge in [-0.25, -0.2) is 0 Å². The van der Waals surface area contributed by atoms with E-state index in [1.54, 1.807) is 19.1 Å². The quantitative estimate of drug-likeness (QED) is 0.631. The third-order valence-electron chi connectivity index (χ3n) is 1.60. The van der Waals surface area contributed by atoms with E-state index in [9.17, 15) is 9.90 Å². The number of anilines is 1. The van der Waals surface area contributed by atoms with E-state index in [0.29, 0.717) is 5.69 Å². The number of aromatic hydroxyl groups is 1. The first-order chi connectivity index (χ1) is 6.13. The lowest BCUT2D eigenvalue weighted by Crippen LogP contribution is -2.07. The molecule has 2 N–H and O–H groups in total. The van der Waals surface area contributed by atoms with Crippen molar-refractivity contribution in [3.05, 3.63) is 23.8 Å². The van der Waals surface area contributed by atoms with E-state index in [1.165, 1.54) is 6.07 Å². The third-order valence-corrected chi connectivity index (χ3v) is 1.60. The molecule has 0 fully saturated rings. The Kier molecular flexibility index (Phi) is 2.56.